The summed E-state index contributed by atoms with van der Waals surface area (Å²) in [6.45, 7) is 0. The van der Waals surface area contributed by atoms with E-state index in [1.807, 2.05) is 6.07 Å². The van der Waals surface area contributed by atoms with E-state index >= 15 is 0 Å². The van der Waals surface area contributed by atoms with Crippen LogP contribution in [0.5, 0.6) is 0 Å². The van der Waals surface area contributed by atoms with Gasteiger partial charge in [0.2, 0.25) is 0 Å². The van der Waals surface area contributed by atoms with Crippen molar-refractivity contribution in [1.82, 2.24) is 25.3 Å². The minimum Gasteiger partial charge on any atom is -0.207 e. The zero-order chi connectivity index (χ0) is 11.7. The van der Waals surface area contributed by atoms with Gasteiger partial charge in [0.05, 0.1) is 0 Å². The van der Waals surface area contributed by atoms with E-state index in [9.17, 15) is 4.39 Å². The van der Waals surface area contributed by atoms with Crippen LogP contribution in [-0.4, -0.2) is 25.3 Å². The van der Waals surface area contributed by atoms with Crippen molar-refractivity contribution in [3.63, 3.8) is 0 Å². The smallest absolute Gasteiger partial charge is 0.200 e. The van der Waals surface area contributed by atoms with Gasteiger partial charge < -0.3 is 0 Å². The molecule has 17 heavy (non-hydrogen) atoms. The second-order valence-corrected chi connectivity index (χ2v) is 4.35. The molecule has 0 saturated heterocycles. The summed E-state index contributed by atoms with van der Waals surface area (Å²) < 4.78 is 14.1. The molecule has 0 aliphatic carbocycles. The number of tetrazole rings is 1. The van der Waals surface area contributed by atoms with Gasteiger partial charge in [-0.15, -0.1) is 14.8 Å². The van der Waals surface area contributed by atoms with Crippen molar-refractivity contribution in [2.75, 3.05) is 0 Å². The van der Waals surface area contributed by atoms with E-state index in [0.717, 1.165) is 9.92 Å². The summed E-state index contributed by atoms with van der Waals surface area (Å²) in [4.78, 5) is 0.909. The summed E-state index contributed by atoms with van der Waals surface area (Å²) in [5.74, 6) is -0.252. The average molecular weight is 247 g/mol. The lowest BCUT2D eigenvalue weighted by Crippen LogP contribution is -1.95. The molecule has 0 bridgehead atoms. The first kappa shape index (κ1) is 10.2. The van der Waals surface area contributed by atoms with Crippen molar-refractivity contribution in [3.05, 3.63) is 42.2 Å². The highest BCUT2D eigenvalue weighted by molar-refractivity contribution is 7.99. The summed E-state index contributed by atoms with van der Waals surface area (Å²) in [6.07, 6.45) is 0. The molecule has 0 amide bonds. The molecular weight excluding hydrogens is 241 g/mol. The maximum atomic E-state index is 12.7. The SMILES string of the molecule is Fc1ccc(Sc2ccc3nnnn3n2)cc1. The van der Waals surface area contributed by atoms with E-state index in [2.05, 4.69) is 20.6 Å². The molecule has 3 rings (SSSR count). The Morgan fingerprint density at radius 2 is 1.88 bits per heavy atom. The van der Waals surface area contributed by atoms with Gasteiger partial charge in [0.25, 0.3) is 0 Å². The van der Waals surface area contributed by atoms with Crippen molar-refractivity contribution in [2.45, 2.75) is 9.92 Å². The van der Waals surface area contributed by atoms with Crippen LogP contribution in [0.2, 0.25) is 0 Å². The Morgan fingerprint density at radius 1 is 1.06 bits per heavy atom. The van der Waals surface area contributed by atoms with E-state index in [1.54, 1.807) is 18.2 Å². The molecule has 2 aromatic heterocycles. The topological polar surface area (TPSA) is 56.0 Å². The van der Waals surface area contributed by atoms with Crippen molar-refractivity contribution in [1.29, 1.82) is 0 Å². The first-order valence-corrected chi connectivity index (χ1v) is 5.62. The van der Waals surface area contributed by atoms with Crippen LogP contribution < -0.4 is 0 Å². The predicted molar refractivity (Wildman–Crippen MR) is 59.1 cm³/mol. The number of hydrogen-bond donors (Lipinski definition) is 0. The Kier molecular flexibility index (Phi) is 2.45. The van der Waals surface area contributed by atoms with Gasteiger partial charge in [0.1, 0.15) is 10.8 Å². The average Bonchev–Trinajstić information content (AvgIpc) is 2.79. The number of aromatic nitrogens is 5. The third-order valence-corrected chi connectivity index (χ3v) is 3.02. The number of hydrogen-bond acceptors (Lipinski definition) is 5. The maximum absolute atomic E-state index is 12.7. The molecule has 5 nitrogen and oxygen atoms in total. The third kappa shape index (κ3) is 2.09. The highest BCUT2D eigenvalue weighted by atomic mass is 32.2. The molecule has 0 saturated carbocycles. The minimum absolute atomic E-state index is 0.252. The highest BCUT2D eigenvalue weighted by Gasteiger charge is 2.03. The zero-order valence-corrected chi connectivity index (χ0v) is 9.30. The van der Waals surface area contributed by atoms with E-state index in [0.29, 0.717) is 5.65 Å². The predicted octanol–water partition coefficient (Wildman–Crippen LogP) is 1.81. The second kappa shape index (κ2) is 4.10. The first-order chi connectivity index (χ1) is 8.31. The lowest BCUT2D eigenvalue weighted by atomic mass is 10.4. The Balaban J connectivity index is 1.91. The van der Waals surface area contributed by atoms with Gasteiger partial charge in [-0.3, -0.25) is 0 Å². The van der Waals surface area contributed by atoms with E-state index in [4.69, 9.17) is 0 Å². The molecule has 1 aromatic carbocycles. The third-order valence-electron chi connectivity index (χ3n) is 2.08. The minimum atomic E-state index is -0.252. The molecule has 0 aliphatic heterocycles. The second-order valence-electron chi connectivity index (χ2n) is 3.25. The normalized spacial score (nSPS) is 10.9. The van der Waals surface area contributed by atoms with Crippen LogP contribution in [0.15, 0.2) is 46.3 Å². The molecule has 84 valence electrons. The molecule has 0 N–H and O–H groups in total. The molecule has 0 atom stereocenters. The van der Waals surface area contributed by atoms with Crippen LogP contribution in [-0.2, 0) is 0 Å². The number of rotatable bonds is 2. The van der Waals surface area contributed by atoms with Gasteiger partial charge in [-0.25, -0.2) is 4.39 Å². The molecule has 3 aromatic rings. The van der Waals surface area contributed by atoms with Gasteiger partial charge in [-0.2, -0.15) is 0 Å². The molecule has 0 radical (unpaired) electrons. The Labute approximate surface area is 99.6 Å². The Hall–Kier alpha value is -2.02. The summed E-state index contributed by atoms with van der Waals surface area (Å²) in [6, 6.07) is 9.82. The van der Waals surface area contributed by atoms with Crippen molar-refractivity contribution in [3.8, 4) is 0 Å². The van der Waals surface area contributed by atoms with Crippen LogP contribution >= 0.6 is 11.8 Å². The summed E-state index contributed by atoms with van der Waals surface area (Å²) in [7, 11) is 0. The molecule has 2 heterocycles. The summed E-state index contributed by atoms with van der Waals surface area (Å²) in [5, 5.41) is 15.9. The van der Waals surface area contributed by atoms with E-state index < -0.39 is 0 Å². The van der Waals surface area contributed by atoms with Crippen LogP contribution in [0.4, 0.5) is 4.39 Å². The van der Waals surface area contributed by atoms with Crippen molar-refractivity contribution < 1.29 is 4.39 Å². The van der Waals surface area contributed by atoms with Crippen LogP contribution in [0.3, 0.4) is 0 Å². The summed E-state index contributed by atoms with van der Waals surface area (Å²) in [5.41, 5.74) is 0.591. The number of benzene rings is 1. The molecule has 0 fully saturated rings. The molecule has 0 aliphatic rings. The van der Waals surface area contributed by atoms with Gasteiger partial charge in [-0.1, -0.05) is 11.8 Å². The maximum Gasteiger partial charge on any atom is 0.200 e. The number of nitrogens with zero attached hydrogens (tertiary/aromatic N) is 5. The van der Waals surface area contributed by atoms with Gasteiger partial charge >= 0.3 is 0 Å². The van der Waals surface area contributed by atoms with E-state index in [-0.39, 0.29) is 5.82 Å². The van der Waals surface area contributed by atoms with Crippen molar-refractivity contribution >= 4 is 17.4 Å². The number of fused-ring (bicyclic) bond motifs is 1. The van der Waals surface area contributed by atoms with Gasteiger partial charge in [0, 0.05) is 4.90 Å². The van der Waals surface area contributed by atoms with Crippen LogP contribution in [0.25, 0.3) is 5.65 Å². The highest BCUT2D eigenvalue weighted by Crippen LogP contribution is 2.25. The molecule has 0 unspecified atom stereocenters. The number of halogens is 1. The van der Waals surface area contributed by atoms with E-state index in [1.165, 1.54) is 28.5 Å². The van der Waals surface area contributed by atoms with Crippen LogP contribution in [0, 0.1) is 5.82 Å². The molecular formula is C10H6FN5S. The Morgan fingerprint density at radius 3 is 2.71 bits per heavy atom. The fraction of sp³-hybridized carbons (Fsp3) is 0. The largest absolute Gasteiger partial charge is 0.207 e. The van der Waals surface area contributed by atoms with Crippen molar-refractivity contribution in [2.24, 2.45) is 0 Å². The lowest BCUT2D eigenvalue weighted by molar-refractivity contribution is 0.626. The zero-order valence-electron chi connectivity index (χ0n) is 8.49. The monoisotopic (exact) mass is 247 g/mol. The quantitative estimate of drug-likeness (QED) is 0.691. The van der Waals surface area contributed by atoms with Crippen LogP contribution in [0.1, 0.15) is 0 Å². The fourth-order valence-electron chi connectivity index (χ4n) is 1.31. The van der Waals surface area contributed by atoms with Gasteiger partial charge in [-0.05, 0) is 46.8 Å². The fourth-order valence-corrected chi connectivity index (χ4v) is 2.08. The Bertz CT molecular complexity index is 651. The lowest BCUT2D eigenvalue weighted by Gasteiger charge is -2.00. The standard InChI is InChI=1S/C10H6FN5S/c11-7-1-3-8(4-2-7)17-10-6-5-9-12-14-15-16(9)13-10/h1-6H. The molecule has 7 heteroatoms. The van der Waals surface area contributed by atoms with Gasteiger partial charge in [0.15, 0.2) is 5.65 Å². The first-order valence-electron chi connectivity index (χ1n) is 4.80. The molecule has 0 spiro atoms. The summed E-state index contributed by atoms with van der Waals surface area (Å²) >= 11 is 1.42.